The van der Waals surface area contributed by atoms with Crippen LogP contribution in [0.4, 0.5) is 10.7 Å². The normalized spacial score (nSPS) is 29.2. The van der Waals surface area contributed by atoms with Crippen molar-refractivity contribution in [2.24, 2.45) is 29.6 Å². The number of nitriles is 1. The summed E-state index contributed by atoms with van der Waals surface area (Å²) < 4.78 is 0. The Bertz CT molecular complexity index is 1240. The van der Waals surface area contributed by atoms with Gasteiger partial charge in [0, 0.05) is 10.4 Å². The molecule has 2 heterocycles. The van der Waals surface area contributed by atoms with Crippen LogP contribution in [0.2, 0.25) is 0 Å². The van der Waals surface area contributed by atoms with Gasteiger partial charge in [0.05, 0.1) is 23.1 Å². The molecule has 1 aromatic heterocycles. The average Bonchev–Trinajstić information content (AvgIpc) is 3.55. The minimum atomic E-state index is -0.303. The first-order valence-corrected chi connectivity index (χ1v) is 12.3. The van der Waals surface area contributed by atoms with Crippen LogP contribution in [-0.2, 0) is 22.4 Å². The first-order chi connectivity index (χ1) is 16.0. The summed E-state index contributed by atoms with van der Waals surface area (Å²) in [5.41, 5.74) is 2.58. The van der Waals surface area contributed by atoms with E-state index in [1.165, 1.54) is 21.1 Å². The molecule has 6 nitrogen and oxygen atoms in total. The van der Waals surface area contributed by atoms with Gasteiger partial charge in [-0.25, -0.2) is 0 Å². The van der Waals surface area contributed by atoms with Gasteiger partial charge in [-0.15, -0.1) is 11.3 Å². The molecule has 1 aliphatic heterocycles. The van der Waals surface area contributed by atoms with Gasteiger partial charge in [0.25, 0.3) is 5.91 Å². The molecular weight excluding hydrogens is 434 g/mol. The van der Waals surface area contributed by atoms with Gasteiger partial charge in [-0.1, -0.05) is 19.1 Å². The maximum absolute atomic E-state index is 13.0. The second-order valence-corrected chi connectivity index (χ2v) is 10.8. The molecule has 2 aromatic rings. The van der Waals surface area contributed by atoms with Gasteiger partial charge in [0.15, 0.2) is 0 Å². The Morgan fingerprint density at radius 3 is 2.42 bits per heavy atom. The third-order valence-corrected chi connectivity index (χ3v) is 8.88. The second kappa shape index (κ2) is 7.39. The lowest BCUT2D eigenvalue weighted by Gasteiger charge is -2.17. The van der Waals surface area contributed by atoms with E-state index in [4.69, 9.17) is 0 Å². The van der Waals surface area contributed by atoms with Crippen LogP contribution in [0.1, 0.15) is 46.1 Å². The Morgan fingerprint density at radius 1 is 1.12 bits per heavy atom. The zero-order valence-corrected chi connectivity index (χ0v) is 19.0. The molecule has 5 atom stereocenters. The fraction of sp³-hybridized carbons (Fsp3) is 0.385. The van der Waals surface area contributed by atoms with Crippen molar-refractivity contribution >= 4 is 39.7 Å². The van der Waals surface area contributed by atoms with Crippen molar-refractivity contribution in [3.8, 4) is 6.07 Å². The predicted molar refractivity (Wildman–Crippen MR) is 125 cm³/mol. The van der Waals surface area contributed by atoms with E-state index in [0.29, 0.717) is 27.7 Å². The highest BCUT2D eigenvalue weighted by molar-refractivity contribution is 7.16. The first kappa shape index (κ1) is 20.4. The van der Waals surface area contributed by atoms with Crippen molar-refractivity contribution in [2.75, 3.05) is 10.2 Å². The minimum Gasteiger partial charge on any atom is -0.312 e. The molecule has 1 saturated carbocycles. The number of nitrogens with one attached hydrogen (secondary N) is 1. The number of carbonyl (C=O) groups excluding carboxylic acids is 3. The van der Waals surface area contributed by atoms with E-state index < -0.39 is 0 Å². The van der Waals surface area contributed by atoms with E-state index in [1.807, 2.05) is 0 Å². The van der Waals surface area contributed by atoms with Gasteiger partial charge in [0.1, 0.15) is 11.1 Å². The minimum absolute atomic E-state index is 0.129. The molecule has 2 bridgehead atoms. The molecule has 0 unspecified atom stereocenters. The summed E-state index contributed by atoms with van der Waals surface area (Å²) in [6.07, 6.45) is 7.92. The summed E-state index contributed by atoms with van der Waals surface area (Å²) in [5.74, 6) is -0.129. The van der Waals surface area contributed by atoms with E-state index >= 15 is 0 Å². The Kier molecular flexibility index (Phi) is 4.56. The molecule has 2 fully saturated rings. The Hall–Kier alpha value is -3.24. The highest BCUT2D eigenvalue weighted by Gasteiger charge is 2.59. The number of benzene rings is 1. The first-order valence-electron chi connectivity index (χ1n) is 11.5. The summed E-state index contributed by atoms with van der Waals surface area (Å²) in [6, 6.07) is 8.86. The van der Waals surface area contributed by atoms with Crippen LogP contribution < -0.4 is 10.2 Å². The van der Waals surface area contributed by atoms with Crippen LogP contribution in [0.15, 0.2) is 36.4 Å². The van der Waals surface area contributed by atoms with E-state index in [9.17, 15) is 19.6 Å². The number of hydrogen-bond donors (Lipinski definition) is 1. The molecule has 1 saturated heterocycles. The quantitative estimate of drug-likeness (QED) is 0.549. The summed E-state index contributed by atoms with van der Waals surface area (Å²) in [6.45, 7) is 2.21. The van der Waals surface area contributed by atoms with Gasteiger partial charge in [-0.2, -0.15) is 5.26 Å². The number of anilines is 2. The zero-order valence-electron chi connectivity index (χ0n) is 18.2. The SMILES string of the molecule is C[C@H]1CCc2c(sc(NC(=O)c3ccc(N4C(=O)[C@@H]5[C@H](C4=O)[C@H]4C=C[C@H]5C4)cc3)c2C#N)C1. The topological polar surface area (TPSA) is 90.3 Å². The van der Waals surface area contributed by atoms with Crippen LogP contribution in [0.25, 0.3) is 0 Å². The van der Waals surface area contributed by atoms with Crippen LogP contribution in [-0.4, -0.2) is 17.7 Å². The van der Waals surface area contributed by atoms with Crippen LogP contribution in [0.5, 0.6) is 0 Å². The molecule has 1 aromatic carbocycles. The van der Waals surface area contributed by atoms with E-state index in [0.717, 1.165) is 31.2 Å². The van der Waals surface area contributed by atoms with Crippen molar-refractivity contribution in [3.05, 3.63) is 58.0 Å². The number of rotatable bonds is 3. The van der Waals surface area contributed by atoms with Crippen molar-refractivity contribution < 1.29 is 14.4 Å². The summed E-state index contributed by atoms with van der Waals surface area (Å²) in [7, 11) is 0. The van der Waals surface area contributed by atoms with Crippen molar-refractivity contribution in [3.63, 3.8) is 0 Å². The van der Waals surface area contributed by atoms with Gasteiger partial charge >= 0.3 is 0 Å². The lowest BCUT2D eigenvalue weighted by molar-refractivity contribution is -0.123. The van der Waals surface area contributed by atoms with Gasteiger partial charge in [0.2, 0.25) is 11.8 Å². The summed E-state index contributed by atoms with van der Waals surface area (Å²) >= 11 is 1.50. The van der Waals surface area contributed by atoms with Crippen molar-refractivity contribution in [1.29, 1.82) is 5.26 Å². The second-order valence-electron chi connectivity index (χ2n) is 9.68. The maximum atomic E-state index is 13.0. The lowest BCUT2D eigenvalue weighted by atomic mass is 9.85. The maximum Gasteiger partial charge on any atom is 0.256 e. The zero-order chi connectivity index (χ0) is 22.9. The highest BCUT2D eigenvalue weighted by Crippen LogP contribution is 2.53. The van der Waals surface area contributed by atoms with Gasteiger partial charge in [-0.05, 0) is 73.3 Å². The molecule has 166 valence electrons. The van der Waals surface area contributed by atoms with E-state index in [1.54, 1.807) is 24.3 Å². The van der Waals surface area contributed by atoms with E-state index in [2.05, 4.69) is 30.5 Å². The predicted octanol–water partition coefficient (Wildman–Crippen LogP) is 4.31. The fourth-order valence-electron chi connectivity index (χ4n) is 6.05. The lowest BCUT2D eigenvalue weighted by Crippen LogP contribution is -2.32. The van der Waals surface area contributed by atoms with Crippen molar-refractivity contribution in [1.82, 2.24) is 0 Å². The number of hydrogen-bond acceptors (Lipinski definition) is 5. The molecule has 7 heteroatoms. The number of imide groups is 1. The molecule has 3 amide bonds. The van der Waals surface area contributed by atoms with Crippen LogP contribution in [0, 0.1) is 40.9 Å². The smallest absolute Gasteiger partial charge is 0.256 e. The molecule has 4 aliphatic rings. The Labute approximate surface area is 195 Å². The Balaban J connectivity index is 1.21. The number of carbonyl (C=O) groups is 3. The molecule has 0 spiro atoms. The number of fused-ring (bicyclic) bond motifs is 6. The number of amides is 3. The monoisotopic (exact) mass is 457 g/mol. The largest absolute Gasteiger partial charge is 0.312 e. The number of allylic oxidation sites excluding steroid dienone is 2. The standard InChI is InChI=1S/C26H23N3O3S/c1-13-2-9-18-19(12-27)24(33-20(18)10-13)28-23(30)14-5-7-17(8-6-14)29-25(31)21-15-3-4-16(11-15)22(21)26(29)32/h3-8,13,15-16,21-22H,2,9-11H2,1H3,(H,28,30)/t13-,15-,16-,21-,22+/m0/s1. The van der Waals surface area contributed by atoms with Gasteiger partial charge < -0.3 is 5.32 Å². The van der Waals surface area contributed by atoms with Crippen LogP contribution in [0.3, 0.4) is 0 Å². The van der Waals surface area contributed by atoms with Gasteiger partial charge in [-0.3, -0.25) is 19.3 Å². The summed E-state index contributed by atoms with van der Waals surface area (Å²) in [5, 5.41) is 13.2. The molecule has 6 rings (SSSR count). The van der Waals surface area contributed by atoms with Crippen LogP contribution >= 0.6 is 11.3 Å². The third kappa shape index (κ3) is 3.01. The average molecular weight is 458 g/mol. The molecule has 1 N–H and O–H groups in total. The number of nitrogens with zero attached hydrogens (tertiary/aromatic N) is 2. The summed E-state index contributed by atoms with van der Waals surface area (Å²) in [4.78, 5) is 41.4. The number of thiophene rings is 1. The molecule has 33 heavy (non-hydrogen) atoms. The molecular formula is C26H23N3O3S. The fourth-order valence-corrected chi connectivity index (χ4v) is 7.41. The Morgan fingerprint density at radius 2 is 1.79 bits per heavy atom. The molecule has 0 radical (unpaired) electrons. The van der Waals surface area contributed by atoms with Crippen molar-refractivity contribution in [2.45, 2.75) is 32.6 Å². The third-order valence-electron chi connectivity index (χ3n) is 7.71. The highest BCUT2D eigenvalue weighted by atomic mass is 32.1. The molecule has 3 aliphatic carbocycles. The van der Waals surface area contributed by atoms with E-state index in [-0.39, 0.29) is 41.4 Å².